The van der Waals surface area contributed by atoms with Gasteiger partial charge in [-0.15, -0.1) is 0 Å². The van der Waals surface area contributed by atoms with Crippen LogP contribution >= 0.6 is 0 Å². The van der Waals surface area contributed by atoms with Gasteiger partial charge in [-0.3, -0.25) is 14.4 Å². The molecule has 206 valence electrons. The molecule has 9 heteroatoms. The maximum absolute atomic E-state index is 13.7. The second kappa shape index (κ2) is 11.0. The molecule has 0 radical (unpaired) electrons. The van der Waals surface area contributed by atoms with E-state index in [4.69, 9.17) is 4.74 Å². The van der Waals surface area contributed by atoms with Crippen LogP contribution in [0.25, 0.3) is 11.3 Å². The summed E-state index contributed by atoms with van der Waals surface area (Å²) in [6.45, 7) is 7.75. The molecular formula is C30H37N5O4. The summed E-state index contributed by atoms with van der Waals surface area (Å²) in [6.07, 6.45) is 2.65. The topological polar surface area (TPSA) is 116 Å². The first-order valence-corrected chi connectivity index (χ1v) is 13.0. The average molecular weight is 532 g/mol. The van der Waals surface area contributed by atoms with Crippen molar-refractivity contribution in [2.75, 3.05) is 31.3 Å². The Balaban J connectivity index is 1.70. The molecule has 1 aliphatic rings. The molecule has 0 bridgehead atoms. The van der Waals surface area contributed by atoms with Crippen molar-refractivity contribution in [3.63, 3.8) is 0 Å². The number of hydrogen-bond donors (Lipinski definition) is 3. The lowest BCUT2D eigenvalue weighted by Crippen LogP contribution is -2.43. The van der Waals surface area contributed by atoms with Crippen molar-refractivity contribution in [1.29, 1.82) is 0 Å². The fourth-order valence-corrected chi connectivity index (χ4v) is 5.15. The van der Waals surface area contributed by atoms with E-state index >= 15 is 0 Å². The number of carbonyl (C=O) groups is 3. The Morgan fingerprint density at radius 2 is 1.90 bits per heavy atom. The van der Waals surface area contributed by atoms with E-state index in [0.717, 1.165) is 22.6 Å². The van der Waals surface area contributed by atoms with Crippen molar-refractivity contribution in [2.45, 2.75) is 52.6 Å². The van der Waals surface area contributed by atoms with Crippen LogP contribution in [0, 0.1) is 5.41 Å². The van der Waals surface area contributed by atoms with Gasteiger partial charge < -0.3 is 25.3 Å². The zero-order valence-corrected chi connectivity index (χ0v) is 23.5. The summed E-state index contributed by atoms with van der Waals surface area (Å²) in [4.78, 5) is 47.9. The van der Waals surface area contributed by atoms with Gasteiger partial charge in [0.15, 0.2) is 5.78 Å². The highest BCUT2D eigenvalue weighted by atomic mass is 16.5. The highest BCUT2D eigenvalue weighted by molar-refractivity contribution is 6.08. The summed E-state index contributed by atoms with van der Waals surface area (Å²) in [7, 11) is 3.40. The van der Waals surface area contributed by atoms with Crippen molar-refractivity contribution in [1.82, 2.24) is 14.9 Å². The number of carbonyl (C=O) groups excluding carboxylic acids is 3. The van der Waals surface area contributed by atoms with Crippen molar-refractivity contribution in [3.05, 3.63) is 59.9 Å². The molecule has 0 fully saturated rings. The van der Waals surface area contributed by atoms with Crippen molar-refractivity contribution in [2.24, 2.45) is 5.41 Å². The van der Waals surface area contributed by atoms with Crippen LogP contribution in [0.15, 0.2) is 48.7 Å². The molecule has 39 heavy (non-hydrogen) atoms. The average Bonchev–Trinajstić information content (AvgIpc) is 3.21. The summed E-state index contributed by atoms with van der Waals surface area (Å²) in [6, 6.07) is 13.3. The van der Waals surface area contributed by atoms with Crippen LogP contribution in [0.3, 0.4) is 0 Å². The van der Waals surface area contributed by atoms with Crippen molar-refractivity contribution < 1.29 is 19.1 Å². The van der Waals surface area contributed by atoms with Crippen LogP contribution in [0.4, 0.5) is 17.2 Å². The van der Waals surface area contributed by atoms with E-state index < -0.39 is 11.0 Å². The minimum atomic E-state index is -0.543. The van der Waals surface area contributed by atoms with Crippen LogP contribution in [0.2, 0.25) is 0 Å². The van der Waals surface area contributed by atoms with Crippen LogP contribution in [0.1, 0.15) is 56.6 Å². The molecule has 2 heterocycles. The smallest absolute Gasteiger partial charge is 0.222 e. The summed E-state index contributed by atoms with van der Waals surface area (Å²) in [5.41, 5.74) is 3.39. The van der Waals surface area contributed by atoms with E-state index in [1.807, 2.05) is 57.2 Å². The standard InChI is InChI=1S/C30H37N5O4/c1-19(36)32-24-14-20(12-13-31-24)27-28(33-21-10-8-7-9-11-21)26-22(34-27)15-30(4,16-23(26)37)17-25(38)35(5)18-29(2,3)39-6/h7-14,33-34H,15-18H2,1-6H3,(H,31,32,36). The Morgan fingerprint density at radius 3 is 2.56 bits per heavy atom. The lowest BCUT2D eigenvalue weighted by molar-refractivity contribution is -0.135. The van der Waals surface area contributed by atoms with E-state index in [0.29, 0.717) is 30.0 Å². The van der Waals surface area contributed by atoms with Gasteiger partial charge in [0.05, 0.1) is 22.5 Å². The van der Waals surface area contributed by atoms with Crippen LogP contribution in [-0.2, 0) is 20.7 Å². The number of para-hydroxylation sites is 1. The lowest BCUT2D eigenvalue weighted by Gasteiger charge is -2.35. The third-order valence-corrected chi connectivity index (χ3v) is 7.12. The SMILES string of the molecule is COC(C)(C)CN(C)C(=O)CC1(C)CC(=O)c2c([nH]c(-c3ccnc(NC(C)=O)c3)c2Nc2ccccc2)C1. The number of hydrogen-bond acceptors (Lipinski definition) is 6. The molecule has 2 amide bonds. The highest BCUT2D eigenvalue weighted by Crippen LogP contribution is 2.45. The summed E-state index contributed by atoms with van der Waals surface area (Å²) in [5, 5.41) is 6.16. The molecule has 0 saturated carbocycles. The van der Waals surface area contributed by atoms with Gasteiger partial charge in [0.2, 0.25) is 11.8 Å². The Hall–Kier alpha value is -3.98. The third kappa shape index (κ3) is 6.54. The number of rotatable bonds is 9. The monoisotopic (exact) mass is 531 g/mol. The molecule has 1 atom stereocenters. The Labute approximate surface area is 229 Å². The second-order valence-electron chi connectivity index (χ2n) is 11.3. The molecule has 9 nitrogen and oxygen atoms in total. The Morgan fingerprint density at radius 1 is 1.18 bits per heavy atom. The number of likely N-dealkylation sites (N-methyl/N-ethyl adjacent to an activating group) is 1. The minimum Gasteiger partial charge on any atom is -0.377 e. The molecule has 1 aromatic carbocycles. The first kappa shape index (κ1) is 28.0. The summed E-state index contributed by atoms with van der Waals surface area (Å²) in [5.74, 6) is 0.149. The normalized spacial score (nSPS) is 16.9. The van der Waals surface area contributed by atoms with E-state index in [1.165, 1.54) is 6.92 Å². The number of ether oxygens (including phenoxy) is 1. The number of aromatic amines is 1. The summed E-state index contributed by atoms with van der Waals surface area (Å²) >= 11 is 0. The maximum Gasteiger partial charge on any atom is 0.222 e. The third-order valence-electron chi connectivity index (χ3n) is 7.12. The lowest BCUT2D eigenvalue weighted by atomic mass is 9.72. The largest absolute Gasteiger partial charge is 0.377 e. The number of Topliss-reactive ketones (excluding diaryl/α,β-unsaturated/α-hetero) is 1. The molecule has 2 aromatic heterocycles. The number of fused-ring (bicyclic) bond motifs is 1. The van der Waals surface area contributed by atoms with Crippen LogP contribution in [-0.4, -0.2) is 58.8 Å². The van der Waals surface area contributed by atoms with Gasteiger partial charge in [-0.05, 0) is 49.9 Å². The van der Waals surface area contributed by atoms with Gasteiger partial charge in [0, 0.05) is 63.6 Å². The number of ketones is 1. The van der Waals surface area contributed by atoms with Gasteiger partial charge in [0.1, 0.15) is 5.82 Å². The number of aromatic nitrogens is 2. The Kier molecular flexibility index (Phi) is 7.92. The summed E-state index contributed by atoms with van der Waals surface area (Å²) < 4.78 is 5.49. The quantitative estimate of drug-likeness (QED) is 0.350. The van der Waals surface area contributed by atoms with Crippen molar-refractivity contribution >= 4 is 34.8 Å². The zero-order valence-electron chi connectivity index (χ0n) is 23.5. The molecule has 0 spiro atoms. The Bertz CT molecular complexity index is 1380. The van der Waals surface area contributed by atoms with E-state index in [2.05, 4.69) is 20.6 Å². The first-order valence-electron chi connectivity index (χ1n) is 13.0. The molecule has 0 saturated heterocycles. The van der Waals surface area contributed by atoms with E-state index in [-0.39, 0.29) is 30.4 Å². The number of nitrogens with zero attached hydrogens (tertiary/aromatic N) is 2. The molecule has 3 aromatic rings. The van der Waals surface area contributed by atoms with Gasteiger partial charge in [-0.1, -0.05) is 25.1 Å². The number of H-pyrrole nitrogens is 1. The van der Waals surface area contributed by atoms with E-state index in [9.17, 15) is 14.4 Å². The van der Waals surface area contributed by atoms with Crippen LogP contribution < -0.4 is 10.6 Å². The number of amides is 2. The van der Waals surface area contributed by atoms with Crippen molar-refractivity contribution in [3.8, 4) is 11.3 Å². The number of nitrogens with one attached hydrogen (secondary N) is 3. The van der Waals surface area contributed by atoms with Crippen LogP contribution in [0.5, 0.6) is 0 Å². The fraction of sp³-hybridized carbons (Fsp3) is 0.400. The molecule has 0 aliphatic heterocycles. The minimum absolute atomic E-state index is 0.0245. The maximum atomic E-state index is 13.7. The predicted molar refractivity (Wildman–Crippen MR) is 152 cm³/mol. The molecule has 3 N–H and O–H groups in total. The van der Waals surface area contributed by atoms with Gasteiger partial charge in [-0.2, -0.15) is 0 Å². The molecule has 1 aliphatic carbocycles. The van der Waals surface area contributed by atoms with Gasteiger partial charge >= 0.3 is 0 Å². The second-order valence-corrected chi connectivity index (χ2v) is 11.3. The molecule has 1 unspecified atom stereocenters. The number of benzene rings is 1. The highest BCUT2D eigenvalue weighted by Gasteiger charge is 2.40. The number of anilines is 3. The van der Waals surface area contributed by atoms with E-state index in [1.54, 1.807) is 31.3 Å². The first-order chi connectivity index (χ1) is 18.4. The van der Waals surface area contributed by atoms with Gasteiger partial charge in [-0.25, -0.2) is 4.98 Å². The fourth-order valence-electron chi connectivity index (χ4n) is 5.15. The zero-order chi connectivity index (χ0) is 28.4. The number of methoxy groups -OCH3 is 1. The number of pyridine rings is 1. The molecule has 4 rings (SSSR count). The van der Waals surface area contributed by atoms with Gasteiger partial charge in [0.25, 0.3) is 0 Å². The molecular weight excluding hydrogens is 494 g/mol. The predicted octanol–water partition coefficient (Wildman–Crippen LogP) is 5.19.